The summed E-state index contributed by atoms with van der Waals surface area (Å²) in [5, 5.41) is 4.24. The van der Waals surface area contributed by atoms with E-state index in [2.05, 4.69) is 25.5 Å². The molecule has 0 spiro atoms. The van der Waals surface area contributed by atoms with Crippen molar-refractivity contribution in [2.45, 2.75) is 34.2 Å². The van der Waals surface area contributed by atoms with Crippen LogP contribution in [0.4, 0.5) is 0 Å². The average Bonchev–Trinajstić information content (AvgIpc) is 3.40. The SMILES string of the molecule is CCOC(=O)c1cnn(-c2ccc(C(=O)NNC(=O)c3ccc4c(c3)nc(C)n4CC)cc2)c1C. The molecular weight excluding hydrogens is 448 g/mol. The normalized spacial score (nSPS) is 10.9. The van der Waals surface area contributed by atoms with Crippen LogP contribution < -0.4 is 10.9 Å². The molecular formula is C25H26N6O4. The number of aromatic nitrogens is 4. The number of aryl methyl sites for hydroxylation is 2. The van der Waals surface area contributed by atoms with Gasteiger partial charge in [0.2, 0.25) is 0 Å². The maximum Gasteiger partial charge on any atom is 0.341 e. The number of amides is 2. The maximum absolute atomic E-state index is 12.6. The van der Waals surface area contributed by atoms with Crippen LogP contribution in [0.25, 0.3) is 16.7 Å². The van der Waals surface area contributed by atoms with Gasteiger partial charge in [0.15, 0.2) is 0 Å². The summed E-state index contributed by atoms with van der Waals surface area (Å²) in [4.78, 5) is 41.6. The van der Waals surface area contributed by atoms with Crippen LogP contribution in [0, 0.1) is 13.8 Å². The Bertz CT molecular complexity index is 1420. The molecule has 0 bridgehead atoms. The lowest BCUT2D eigenvalue weighted by atomic mass is 10.2. The Morgan fingerprint density at radius 3 is 2.26 bits per heavy atom. The number of nitrogens with one attached hydrogen (secondary N) is 2. The lowest BCUT2D eigenvalue weighted by Gasteiger charge is -2.09. The molecule has 0 saturated heterocycles. The number of rotatable bonds is 6. The first-order valence-corrected chi connectivity index (χ1v) is 11.2. The van der Waals surface area contributed by atoms with Gasteiger partial charge in [0.1, 0.15) is 11.4 Å². The Morgan fingerprint density at radius 2 is 1.60 bits per heavy atom. The molecule has 0 aliphatic carbocycles. The topological polar surface area (TPSA) is 120 Å². The fourth-order valence-corrected chi connectivity index (χ4v) is 3.88. The van der Waals surface area contributed by atoms with Crippen molar-refractivity contribution < 1.29 is 19.1 Å². The zero-order chi connectivity index (χ0) is 25.1. The number of fused-ring (bicyclic) bond motifs is 1. The highest BCUT2D eigenvalue weighted by atomic mass is 16.5. The molecule has 180 valence electrons. The number of hydrogen-bond donors (Lipinski definition) is 2. The summed E-state index contributed by atoms with van der Waals surface area (Å²) in [5.74, 6) is -0.476. The van der Waals surface area contributed by atoms with Gasteiger partial charge in [-0.2, -0.15) is 5.10 Å². The monoisotopic (exact) mass is 474 g/mol. The van der Waals surface area contributed by atoms with Crippen LogP contribution in [0.3, 0.4) is 0 Å². The Labute approximate surface area is 201 Å². The zero-order valence-corrected chi connectivity index (χ0v) is 20.0. The summed E-state index contributed by atoms with van der Waals surface area (Å²) < 4.78 is 8.69. The Balaban J connectivity index is 1.41. The first-order valence-electron chi connectivity index (χ1n) is 11.2. The largest absolute Gasteiger partial charge is 0.462 e. The molecule has 0 fully saturated rings. The molecule has 2 aromatic carbocycles. The van der Waals surface area contributed by atoms with Gasteiger partial charge in [-0.1, -0.05) is 0 Å². The fraction of sp³-hybridized carbons (Fsp3) is 0.240. The molecule has 35 heavy (non-hydrogen) atoms. The van der Waals surface area contributed by atoms with E-state index in [4.69, 9.17) is 4.74 Å². The van der Waals surface area contributed by atoms with Crippen molar-refractivity contribution in [1.29, 1.82) is 0 Å². The molecule has 0 unspecified atom stereocenters. The van der Waals surface area contributed by atoms with Crippen molar-refractivity contribution in [1.82, 2.24) is 30.2 Å². The molecule has 0 radical (unpaired) electrons. The molecule has 0 atom stereocenters. The van der Waals surface area contributed by atoms with E-state index in [1.54, 1.807) is 54.9 Å². The molecule has 2 heterocycles. The second-order valence-electron chi connectivity index (χ2n) is 7.84. The van der Waals surface area contributed by atoms with Crippen molar-refractivity contribution in [3.05, 3.63) is 76.9 Å². The first-order chi connectivity index (χ1) is 16.8. The van der Waals surface area contributed by atoms with Crippen molar-refractivity contribution in [2.75, 3.05) is 6.61 Å². The van der Waals surface area contributed by atoms with Gasteiger partial charge in [-0.3, -0.25) is 20.4 Å². The number of ether oxygens (including phenoxy) is 1. The van der Waals surface area contributed by atoms with E-state index in [9.17, 15) is 14.4 Å². The molecule has 10 nitrogen and oxygen atoms in total. The number of carbonyl (C=O) groups excluding carboxylic acids is 3. The van der Waals surface area contributed by atoms with Crippen LogP contribution in [-0.2, 0) is 11.3 Å². The van der Waals surface area contributed by atoms with Gasteiger partial charge in [-0.05, 0) is 70.2 Å². The molecule has 2 aromatic heterocycles. The van der Waals surface area contributed by atoms with Gasteiger partial charge >= 0.3 is 5.97 Å². The maximum atomic E-state index is 12.6. The van der Waals surface area contributed by atoms with Crippen LogP contribution in [0.2, 0.25) is 0 Å². The second kappa shape index (κ2) is 9.80. The molecule has 10 heteroatoms. The highest BCUT2D eigenvalue weighted by molar-refractivity contribution is 6.00. The lowest BCUT2D eigenvalue weighted by molar-refractivity contribution is 0.0525. The molecule has 0 aliphatic rings. The van der Waals surface area contributed by atoms with Gasteiger partial charge in [-0.25, -0.2) is 14.5 Å². The van der Waals surface area contributed by atoms with E-state index in [1.165, 1.54) is 6.20 Å². The Hall–Kier alpha value is -4.47. The third kappa shape index (κ3) is 4.63. The van der Waals surface area contributed by atoms with Gasteiger partial charge < -0.3 is 9.30 Å². The van der Waals surface area contributed by atoms with Crippen molar-refractivity contribution in [2.24, 2.45) is 0 Å². The van der Waals surface area contributed by atoms with Crippen LogP contribution >= 0.6 is 0 Å². The predicted molar refractivity (Wildman–Crippen MR) is 129 cm³/mol. The smallest absolute Gasteiger partial charge is 0.341 e. The van der Waals surface area contributed by atoms with Crippen LogP contribution in [0.5, 0.6) is 0 Å². The summed E-state index contributed by atoms with van der Waals surface area (Å²) in [5.41, 5.74) is 8.96. The summed E-state index contributed by atoms with van der Waals surface area (Å²) in [6.07, 6.45) is 1.45. The van der Waals surface area contributed by atoms with E-state index >= 15 is 0 Å². The molecule has 0 aliphatic heterocycles. The number of imidazole rings is 1. The third-order valence-corrected chi connectivity index (χ3v) is 5.69. The molecule has 0 saturated carbocycles. The predicted octanol–water partition coefficient (Wildman–Crippen LogP) is 3.11. The number of esters is 1. The Kier molecular flexibility index (Phi) is 6.63. The van der Waals surface area contributed by atoms with Gasteiger partial charge in [0, 0.05) is 17.7 Å². The first kappa shape index (κ1) is 23.7. The average molecular weight is 475 g/mol. The quantitative estimate of drug-likeness (QED) is 0.327. The minimum Gasteiger partial charge on any atom is -0.462 e. The zero-order valence-electron chi connectivity index (χ0n) is 20.0. The lowest BCUT2D eigenvalue weighted by Crippen LogP contribution is -2.41. The van der Waals surface area contributed by atoms with Crippen LogP contribution in [0.15, 0.2) is 48.7 Å². The summed E-state index contributed by atoms with van der Waals surface area (Å²) in [7, 11) is 0. The van der Waals surface area contributed by atoms with Crippen molar-refractivity contribution >= 4 is 28.8 Å². The summed E-state index contributed by atoms with van der Waals surface area (Å²) in [6.45, 7) is 8.53. The number of carbonyl (C=O) groups is 3. The Morgan fingerprint density at radius 1 is 0.943 bits per heavy atom. The van der Waals surface area contributed by atoms with Crippen LogP contribution in [-0.4, -0.2) is 43.7 Å². The molecule has 4 rings (SSSR count). The standard InChI is InChI=1S/C25H26N6O4/c1-5-30-16(4)27-21-13-18(9-12-22(21)30)24(33)29-28-23(32)17-7-10-19(11-8-17)31-15(3)20(14-26-31)25(34)35-6-2/h7-14H,5-6H2,1-4H3,(H,28,32)(H,29,33). The number of hydrazine groups is 1. The number of benzene rings is 2. The minimum atomic E-state index is -0.471. The summed E-state index contributed by atoms with van der Waals surface area (Å²) in [6, 6.07) is 11.9. The van der Waals surface area contributed by atoms with E-state index in [-0.39, 0.29) is 6.61 Å². The third-order valence-electron chi connectivity index (χ3n) is 5.69. The second-order valence-corrected chi connectivity index (χ2v) is 7.84. The minimum absolute atomic E-state index is 0.279. The molecule has 4 aromatic rings. The highest BCUT2D eigenvalue weighted by Crippen LogP contribution is 2.18. The van der Waals surface area contributed by atoms with E-state index in [0.717, 1.165) is 23.4 Å². The van der Waals surface area contributed by atoms with E-state index in [0.29, 0.717) is 28.1 Å². The van der Waals surface area contributed by atoms with E-state index < -0.39 is 17.8 Å². The van der Waals surface area contributed by atoms with E-state index in [1.807, 2.05) is 19.9 Å². The van der Waals surface area contributed by atoms with Crippen LogP contribution in [0.1, 0.15) is 56.4 Å². The van der Waals surface area contributed by atoms with Gasteiger partial charge in [-0.15, -0.1) is 0 Å². The number of hydrogen-bond acceptors (Lipinski definition) is 6. The van der Waals surface area contributed by atoms with Crippen molar-refractivity contribution in [3.63, 3.8) is 0 Å². The molecule has 2 N–H and O–H groups in total. The number of nitrogens with zero attached hydrogens (tertiary/aromatic N) is 4. The van der Waals surface area contributed by atoms with Gasteiger partial charge in [0.05, 0.1) is 35.2 Å². The van der Waals surface area contributed by atoms with Gasteiger partial charge in [0.25, 0.3) is 11.8 Å². The highest BCUT2D eigenvalue weighted by Gasteiger charge is 2.17. The summed E-state index contributed by atoms with van der Waals surface area (Å²) >= 11 is 0. The van der Waals surface area contributed by atoms with Crippen molar-refractivity contribution in [3.8, 4) is 5.69 Å². The fourth-order valence-electron chi connectivity index (χ4n) is 3.88. The molecule has 2 amide bonds.